The van der Waals surface area contributed by atoms with Gasteiger partial charge in [-0.15, -0.1) is 0 Å². The highest BCUT2D eigenvalue weighted by Crippen LogP contribution is 2.34. The third kappa shape index (κ3) is 2.46. The maximum atomic E-state index is 12.1. The Morgan fingerprint density at radius 1 is 1.53 bits per heavy atom. The zero-order valence-electron chi connectivity index (χ0n) is 9.79. The molecule has 1 aromatic rings. The number of amides is 1. The average Bonchev–Trinajstić information content (AvgIpc) is 2.23. The second-order valence-electron chi connectivity index (χ2n) is 4.74. The van der Waals surface area contributed by atoms with Crippen LogP contribution in [0.3, 0.4) is 0 Å². The van der Waals surface area contributed by atoms with Crippen molar-refractivity contribution in [3.8, 4) is 5.75 Å². The summed E-state index contributed by atoms with van der Waals surface area (Å²) in [6.07, 6.45) is 3.14. The summed E-state index contributed by atoms with van der Waals surface area (Å²) in [6, 6.07) is 5.10. The molecule has 1 aromatic carbocycles. The lowest BCUT2D eigenvalue weighted by Crippen LogP contribution is -2.54. The number of nitrogens with one attached hydrogen (secondary N) is 1. The van der Waals surface area contributed by atoms with Crippen molar-refractivity contribution in [2.24, 2.45) is 0 Å². The summed E-state index contributed by atoms with van der Waals surface area (Å²) in [5, 5.41) is 13.5. The van der Waals surface area contributed by atoms with Crippen LogP contribution in [-0.4, -0.2) is 21.9 Å². The monoisotopic (exact) mass is 297 g/mol. The van der Waals surface area contributed by atoms with Gasteiger partial charge in [0.05, 0.1) is 11.1 Å². The molecule has 1 aliphatic rings. The Morgan fingerprint density at radius 3 is 2.71 bits per heavy atom. The standard InChI is InChI=1S/C13H16BrNO2/c1-9-3-4-10(11(16)7-9)12(17)15-13(8-14)5-2-6-13/h3-4,7,16H,2,5-6,8H2,1H3,(H,15,17). The number of rotatable bonds is 3. The van der Waals surface area contributed by atoms with E-state index in [9.17, 15) is 9.90 Å². The van der Waals surface area contributed by atoms with Crippen molar-refractivity contribution in [2.75, 3.05) is 5.33 Å². The maximum absolute atomic E-state index is 12.1. The van der Waals surface area contributed by atoms with E-state index >= 15 is 0 Å². The molecule has 0 unspecified atom stereocenters. The van der Waals surface area contributed by atoms with Gasteiger partial charge in [0.25, 0.3) is 5.91 Å². The van der Waals surface area contributed by atoms with Crippen LogP contribution in [0.2, 0.25) is 0 Å². The lowest BCUT2D eigenvalue weighted by Gasteiger charge is -2.41. The van der Waals surface area contributed by atoms with Gasteiger partial charge in [0, 0.05) is 5.33 Å². The molecule has 92 valence electrons. The summed E-state index contributed by atoms with van der Waals surface area (Å²) in [4.78, 5) is 12.1. The molecule has 0 aromatic heterocycles. The molecule has 1 aliphatic carbocycles. The SMILES string of the molecule is Cc1ccc(C(=O)NC2(CBr)CCC2)c(O)c1. The Kier molecular flexibility index (Phi) is 3.43. The molecule has 2 rings (SSSR count). The topological polar surface area (TPSA) is 49.3 Å². The fourth-order valence-corrected chi connectivity index (χ4v) is 2.74. The van der Waals surface area contributed by atoms with Crippen LogP contribution in [0.15, 0.2) is 18.2 Å². The molecule has 0 spiro atoms. The van der Waals surface area contributed by atoms with Crippen LogP contribution < -0.4 is 5.32 Å². The van der Waals surface area contributed by atoms with E-state index in [0.717, 1.165) is 30.2 Å². The Balaban J connectivity index is 2.14. The molecule has 1 fully saturated rings. The largest absolute Gasteiger partial charge is 0.507 e. The highest BCUT2D eigenvalue weighted by atomic mass is 79.9. The van der Waals surface area contributed by atoms with Gasteiger partial charge < -0.3 is 10.4 Å². The van der Waals surface area contributed by atoms with E-state index in [1.165, 1.54) is 0 Å². The van der Waals surface area contributed by atoms with E-state index in [0.29, 0.717) is 5.56 Å². The minimum atomic E-state index is -0.193. The molecule has 0 saturated heterocycles. The molecule has 0 heterocycles. The lowest BCUT2D eigenvalue weighted by molar-refractivity contribution is 0.0854. The summed E-state index contributed by atoms with van der Waals surface area (Å²) < 4.78 is 0. The second-order valence-corrected chi connectivity index (χ2v) is 5.30. The Labute approximate surface area is 109 Å². The molecule has 17 heavy (non-hydrogen) atoms. The number of alkyl halides is 1. The molecule has 1 saturated carbocycles. The van der Waals surface area contributed by atoms with Gasteiger partial charge in [0.2, 0.25) is 0 Å². The smallest absolute Gasteiger partial charge is 0.255 e. The van der Waals surface area contributed by atoms with Crippen molar-refractivity contribution in [3.05, 3.63) is 29.3 Å². The maximum Gasteiger partial charge on any atom is 0.255 e. The summed E-state index contributed by atoms with van der Waals surface area (Å²) >= 11 is 3.44. The lowest BCUT2D eigenvalue weighted by atomic mass is 9.78. The van der Waals surface area contributed by atoms with Crippen LogP contribution in [0.5, 0.6) is 5.75 Å². The molecule has 2 N–H and O–H groups in total. The van der Waals surface area contributed by atoms with Crippen LogP contribution in [0, 0.1) is 6.92 Å². The second kappa shape index (κ2) is 4.69. The molecule has 1 amide bonds. The van der Waals surface area contributed by atoms with Crippen LogP contribution in [-0.2, 0) is 0 Å². The highest BCUT2D eigenvalue weighted by Gasteiger charge is 2.37. The molecular weight excluding hydrogens is 282 g/mol. The summed E-state index contributed by atoms with van der Waals surface area (Å²) in [6.45, 7) is 1.88. The quantitative estimate of drug-likeness (QED) is 0.843. The Hall–Kier alpha value is -1.03. The first-order valence-corrected chi connectivity index (χ1v) is 6.87. The first kappa shape index (κ1) is 12.4. The number of carbonyl (C=O) groups is 1. The number of aromatic hydroxyl groups is 1. The number of phenolic OH excluding ortho intramolecular Hbond substituents is 1. The Bertz CT molecular complexity index is 436. The molecule has 4 heteroatoms. The normalized spacial score (nSPS) is 17.3. The van der Waals surface area contributed by atoms with Crippen LogP contribution in [0.1, 0.15) is 35.2 Å². The van der Waals surface area contributed by atoms with Crippen molar-refractivity contribution in [1.82, 2.24) is 5.32 Å². The van der Waals surface area contributed by atoms with Crippen molar-refractivity contribution in [3.63, 3.8) is 0 Å². The van der Waals surface area contributed by atoms with Gasteiger partial charge in [-0.3, -0.25) is 4.79 Å². The minimum absolute atomic E-state index is 0.0477. The number of hydrogen-bond donors (Lipinski definition) is 2. The Morgan fingerprint density at radius 2 is 2.24 bits per heavy atom. The number of benzene rings is 1. The van der Waals surface area contributed by atoms with E-state index in [4.69, 9.17) is 0 Å². The number of halogens is 1. The van der Waals surface area contributed by atoms with Gasteiger partial charge in [-0.25, -0.2) is 0 Å². The van der Waals surface area contributed by atoms with Crippen molar-refractivity contribution in [1.29, 1.82) is 0 Å². The number of phenols is 1. The van der Waals surface area contributed by atoms with Crippen LogP contribution in [0.25, 0.3) is 0 Å². The van der Waals surface area contributed by atoms with E-state index in [-0.39, 0.29) is 17.2 Å². The fraction of sp³-hybridized carbons (Fsp3) is 0.462. The number of carbonyl (C=O) groups excluding carboxylic acids is 1. The highest BCUT2D eigenvalue weighted by molar-refractivity contribution is 9.09. The summed E-state index contributed by atoms with van der Waals surface area (Å²) in [5.74, 6) is -0.145. The number of aryl methyl sites for hydroxylation is 1. The predicted molar refractivity (Wildman–Crippen MR) is 70.7 cm³/mol. The van der Waals surface area contributed by atoms with Gasteiger partial charge in [-0.1, -0.05) is 22.0 Å². The predicted octanol–water partition coefficient (Wildman–Crippen LogP) is 2.75. The van der Waals surface area contributed by atoms with E-state index in [1.807, 2.05) is 13.0 Å². The number of hydrogen-bond acceptors (Lipinski definition) is 2. The zero-order chi connectivity index (χ0) is 12.5. The first-order chi connectivity index (χ1) is 8.06. The van der Waals surface area contributed by atoms with Crippen molar-refractivity contribution in [2.45, 2.75) is 31.7 Å². The zero-order valence-corrected chi connectivity index (χ0v) is 11.4. The third-order valence-corrected chi connectivity index (χ3v) is 4.42. The summed E-state index contributed by atoms with van der Waals surface area (Å²) in [5.41, 5.74) is 1.18. The molecule has 3 nitrogen and oxygen atoms in total. The van der Waals surface area contributed by atoms with E-state index in [1.54, 1.807) is 12.1 Å². The average molecular weight is 298 g/mol. The van der Waals surface area contributed by atoms with Gasteiger partial charge in [-0.2, -0.15) is 0 Å². The molecule has 0 aliphatic heterocycles. The van der Waals surface area contributed by atoms with Crippen LogP contribution >= 0.6 is 15.9 Å². The molecule has 0 bridgehead atoms. The van der Waals surface area contributed by atoms with E-state index < -0.39 is 0 Å². The van der Waals surface area contributed by atoms with Crippen LogP contribution in [0.4, 0.5) is 0 Å². The van der Waals surface area contributed by atoms with Gasteiger partial charge in [-0.05, 0) is 43.9 Å². The molecular formula is C13H16BrNO2. The third-order valence-electron chi connectivity index (χ3n) is 3.34. The minimum Gasteiger partial charge on any atom is -0.507 e. The van der Waals surface area contributed by atoms with E-state index in [2.05, 4.69) is 21.2 Å². The first-order valence-electron chi connectivity index (χ1n) is 5.74. The molecule has 0 radical (unpaired) electrons. The van der Waals surface area contributed by atoms with Gasteiger partial charge in [0.15, 0.2) is 0 Å². The van der Waals surface area contributed by atoms with Crippen molar-refractivity contribution < 1.29 is 9.90 Å². The fourth-order valence-electron chi connectivity index (χ4n) is 2.04. The molecule has 0 atom stereocenters. The van der Waals surface area contributed by atoms with Gasteiger partial charge in [0.1, 0.15) is 5.75 Å². The van der Waals surface area contributed by atoms with Crippen molar-refractivity contribution >= 4 is 21.8 Å². The van der Waals surface area contributed by atoms with Gasteiger partial charge >= 0.3 is 0 Å². The summed E-state index contributed by atoms with van der Waals surface area (Å²) in [7, 11) is 0.